The minimum Gasteiger partial charge on any atom is -0.387 e. The number of nitrogens with zero attached hydrogens (tertiary/aromatic N) is 1. The zero-order valence-electron chi connectivity index (χ0n) is 58.6. The maximum absolute atomic E-state index is 13.1. The molecule has 0 saturated carbocycles. The van der Waals surface area contributed by atoms with Crippen LogP contribution in [0.3, 0.4) is 0 Å². The van der Waals surface area contributed by atoms with Gasteiger partial charge < -0.3 is 19.8 Å². The van der Waals surface area contributed by atoms with Gasteiger partial charge in [0, 0.05) is 6.42 Å². The molecule has 0 heterocycles. The molecule has 0 aliphatic rings. The molecule has 1 amide bonds. The molecule has 89 heavy (non-hydrogen) atoms. The lowest BCUT2D eigenvalue weighted by Crippen LogP contribution is -2.45. The number of phosphoric ester groups is 1. The lowest BCUT2D eigenvalue weighted by Gasteiger charge is -2.25. The highest BCUT2D eigenvalue weighted by Crippen LogP contribution is 2.43. The predicted octanol–water partition coefficient (Wildman–Crippen LogP) is 24.2. The van der Waals surface area contributed by atoms with Crippen molar-refractivity contribution in [2.75, 3.05) is 40.9 Å². The molecule has 0 fully saturated rings. The quantitative estimate of drug-likeness (QED) is 0.0243. The van der Waals surface area contributed by atoms with E-state index < -0.39 is 20.0 Å². The van der Waals surface area contributed by atoms with Crippen molar-refractivity contribution >= 4 is 13.7 Å². The first-order chi connectivity index (χ1) is 43.5. The number of unbranched alkanes of at least 4 members (excludes halogenated alkanes) is 34. The van der Waals surface area contributed by atoms with Crippen LogP contribution in [0.2, 0.25) is 0 Å². The third kappa shape index (κ3) is 71.9. The second-order valence-corrected chi connectivity index (χ2v) is 27.4. The summed E-state index contributed by atoms with van der Waals surface area (Å²) in [6.07, 6.45) is 105. The Hall–Kier alpha value is -3.36. The first-order valence-electron chi connectivity index (χ1n) is 37.1. The summed E-state index contributed by atoms with van der Waals surface area (Å²) in [6, 6.07) is -0.882. The molecule has 0 aromatic rings. The van der Waals surface area contributed by atoms with Crippen LogP contribution in [0.4, 0.5) is 0 Å². The van der Waals surface area contributed by atoms with Gasteiger partial charge in [-0.15, -0.1) is 0 Å². The number of amides is 1. The molecule has 3 atom stereocenters. The van der Waals surface area contributed by atoms with Crippen LogP contribution < -0.4 is 5.32 Å². The molecule has 9 heteroatoms. The summed E-state index contributed by atoms with van der Waals surface area (Å²) in [7, 11) is 1.54. The molecule has 0 spiro atoms. The highest BCUT2D eigenvalue weighted by molar-refractivity contribution is 7.47. The molecule has 0 aliphatic carbocycles. The Morgan fingerprint density at radius 3 is 1.03 bits per heavy atom. The summed E-state index contributed by atoms with van der Waals surface area (Å²) >= 11 is 0. The number of aliphatic hydroxyl groups excluding tert-OH is 1. The Kier molecular flexibility index (Phi) is 66.4. The van der Waals surface area contributed by atoms with Crippen molar-refractivity contribution in [1.29, 1.82) is 0 Å². The maximum Gasteiger partial charge on any atom is 0.472 e. The number of allylic oxidation sites excluding steroid dienone is 21. The Balaban J connectivity index is 4.14. The smallest absolute Gasteiger partial charge is 0.387 e. The van der Waals surface area contributed by atoms with E-state index in [1.807, 2.05) is 27.2 Å². The number of likely N-dealkylation sites (N-methyl/N-ethyl adjacent to an activating group) is 1. The highest BCUT2D eigenvalue weighted by Gasteiger charge is 2.28. The van der Waals surface area contributed by atoms with Gasteiger partial charge in [-0.3, -0.25) is 13.8 Å². The second-order valence-electron chi connectivity index (χ2n) is 25.9. The van der Waals surface area contributed by atoms with Gasteiger partial charge in [0.15, 0.2) is 0 Å². The number of quaternary nitrogens is 1. The van der Waals surface area contributed by atoms with Gasteiger partial charge in [-0.25, -0.2) is 4.57 Å². The van der Waals surface area contributed by atoms with Crippen LogP contribution in [-0.4, -0.2) is 73.4 Å². The summed E-state index contributed by atoms with van der Waals surface area (Å²) in [5.41, 5.74) is 0. The van der Waals surface area contributed by atoms with Gasteiger partial charge in [-0.1, -0.05) is 334 Å². The van der Waals surface area contributed by atoms with Crippen molar-refractivity contribution < 1.29 is 32.9 Å². The molecule has 0 aromatic carbocycles. The number of carbonyl (C=O) groups excluding carboxylic acids is 1. The van der Waals surface area contributed by atoms with Gasteiger partial charge in [0.1, 0.15) is 13.2 Å². The fraction of sp³-hybridized carbons (Fsp3) is 0.713. The van der Waals surface area contributed by atoms with Gasteiger partial charge in [-0.05, 0) is 109 Å². The van der Waals surface area contributed by atoms with Crippen molar-refractivity contribution in [3.8, 4) is 0 Å². The minimum atomic E-state index is -4.38. The van der Waals surface area contributed by atoms with Crippen molar-refractivity contribution in [3.05, 3.63) is 134 Å². The lowest BCUT2D eigenvalue weighted by atomic mass is 10.0. The Morgan fingerprint density at radius 2 is 0.685 bits per heavy atom. The zero-order valence-corrected chi connectivity index (χ0v) is 59.5. The third-order valence-corrected chi connectivity index (χ3v) is 17.1. The molecule has 0 rings (SSSR count). The van der Waals surface area contributed by atoms with Crippen molar-refractivity contribution in [2.45, 2.75) is 328 Å². The van der Waals surface area contributed by atoms with Crippen LogP contribution in [-0.2, 0) is 18.4 Å². The predicted molar refractivity (Wildman–Crippen MR) is 391 cm³/mol. The van der Waals surface area contributed by atoms with Crippen molar-refractivity contribution in [2.24, 2.45) is 0 Å². The zero-order chi connectivity index (χ0) is 64.8. The number of rotatable bonds is 67. The summed E-state index contributed by atoms with van der Waals surface area (Å²) in [5.74, 6) is -0.195. The van der Waals surface area contributed by atoms with Gasteiger partial charge in [0.2, 0.25) is 5.91 Å². The Labute approximate surface area is 551 Å². The molecule has 512 valence electrons. The Morgan fingerprint density at radius 1 is 0.393 bits per heavy atom. The molecular weight excluding hydrogens is 1120 g/mol. The summed E-state index contributed by atoms with van der Waals surface area (Å²) < 4.78 is 23.8. The van der Waals surface area contributed by atoms with Crippen LogP contribution in [0.25, 0.3) is 0 Å². The topological polar surface area (TPSA) is 105 Å². The molecule has 0 aliphatic heterocycles. The lowest BCUT2D eigenvalue weighted by molar-refractivity contribution is -0.870. The average molecular weight is 1260 g/mol. The number of nitrogens with one attached hydrogen (secondary N) is 1. The molecule has 8 nitrogen and oxygen atoms in total. The summed E-state index contributed by atoms with van der Waals surface area (Å²) in [4.78, 5) is 23.4. The maximum atomic E-state index is 13.1. The number of aliphatic hydroxyl groups is 1. The van der Waals surface area contributed by atoms with Crippen LogP contribution >= 0.6 is 7.82 Å². The summed E-state index contributed by atoms with van der Waals surface area (Å²) in [5, 5.41) is 14.0. The van der Waals surface area contributed by atoms with Gasteiger partial charge in [0.25, 0.3) is 0 Å². The number of hydrogen-bond donors (Lipinski definition) is 3. The second kappa shape index (κ2) is 69.0. The molecule has 0 radical (unpaired) electrons. The van der Waals surface area contributed by atoms with E-state index >= 15 is 0 Å². The van der Waals surface area contributed by atoms with Gasteiger partial charge in [-0.2, -0.15) is 0 Å². The van der Waals surface area contributed by atoms with E-state index in [1.165, 1.54) is 199 Å². The number of hydrogen-bond acceptors (Lipinski definition) is 5. The van der Waals surface area contributed by atoms with Crippen LogP contribution in [0.15, 0.2) is 134 Å². The van der Waals surface area contributed by atoms with Crippen LogP contribution in [0.5, 0.6) is 0 Å². The van der Waals surface area contributed by atoms with E-state index in [4.69, 9.17) is 9.05 Å². The normalized spacial score (nSPS) is 14.4. The summed E-state index contributed by atoms with van der Waals surface area (Å²) in [6.45, 7) is 4.69. The molecule has 0 aromatic heterocycles. The largest absolute Gasteiger partial charge is 0.472 e. The van der Waals surface area contributed by atoms with Crippen molar-refractivity contribution in [3.63, 3.8) is 0 Å². The highest BCUT2D eigenvalue weighted by atomic mass is 31.2. The molecule has 0 bridgehead atoms. The van der Waals surface area contributed by atoms with E-state index in [0.29, 0.717) is 17.4 Å². The molecule has 0 saturated heterocycles. The van der Waals surface area contributed by atoms with Crippen molar-refractivity contribution in [1.82, 2.24) is 5.32 Å². The van der Waals surface area contributed by atoms with Crippen LogP contribution in [0.1, 0.15) is 316 Å². The monoisotopic (exact) mass is 1260 g/mol. The van der Waals surface area contributed by atoms with E-state index in [1.54, 1.807) is 6.08 Å². The molecule has 3 N–H and O–H groups in total. The Bertz CT molecular complexity index is 1920. The minimum absolute atomic E-state index is 0.0477. The van der Waals surface area contributed by atoms with E-state index in [9.17, 15) is 19.4 Å². The number of phosphoric acid groups is 1. The van der Waals surface area contributed by atoms with E-state index in [2.05, 4.69) is 141 Å². The SMILES string of the molecule is CC/C=C\C/C=C\C/C=C\C/C=C\C/C=C\C/C=C\C/C=C\C/C=C\CCCCCCCCCCCCCCC(=O)NC(COP(=O)(O)OCC[N+](C)(C)C)C(O)/C=C/CC/C=C/CC/C=C/CCCCCCCCCCCCCCCCCCCCCC. The fourth-order valence-corrected chi connectivity index (χ4v) is 11.1. The first kappa shape index (κ1) is 85.6. The van der Waals surface area contributed by atoms with Gasteiger partial charge in [0.05, 0.1) is 39.9 Å². The standard InChI is InChI=1S/C80H141N2O6P/c1-6-8-10-12-14-16-18-20-22-24-26-28-30-32-34-36-38-39-40-41-42-43-44-46-48-50-52-54-56-58-60-62-64-66-68-70-72-74-80(84)81-78(77-88-89(85,86)87-76-75-82(3,4)5)79(83)73-71-69-67-65-63-61-59-57-55-53-51-49-47-45-37-35-33-31-29-27-25-23-21-19-17-15-13-11-9-7-2/h8,10,14,16,20,22,26,28,32,34,38-39,41-42,44,46,55,57,63,65,71,73,78-79,83H,6-7,9,11-13,15,17-19,21,23-25,27,29-31,33,35-37,40,43,45,47-54,56,58-62,64,66-70,72,74-77H2,1-5H3,(H-,81,84,85,86)/p+1/b10-8-,16-14-,22-20-,28-26-,34-32-,39-38-,42-41-,46-44-,57-55+,65-63+,73-71+. The van der Waals surface area contributed by atoms with Crippen LogP contribution in [0, 0.1) is 0 Å². The van der Waals surface area contributed by atoms with E-state index in [-0.39, 0.29) is 19.1 Å². The molecular formula is C80H142N2O6P+. The fourth-order valence-electron chi connectivity index (χ4n) is 10.4. The third-order valence-electron chi connectivity index (χ3n) is 16.1. The molecule has 3 unspecified atom stereocenters. The number of carbonyl (C=O) groups is 1. The first-order valence-corrected chi connectivity index (χ1v) is 38.6. The van der Waals surface area contributed by atoms with E-state index in [0.717, 1.165) is 96.3 Å². The van der Waals surface area contributed by atoms with Gasteiger partial charge >= 0.3 is 7.82 Å². The average Bonchev–Trinajstić information content (AvgIpc) is 3.57.